The fourth-order valence-corrected chi connectivity index (χ4v) is 5.76. The lowest BCUT2D eigenvalue weighted by Crippen LogP contribution is -2.23. The summed E-state index contributed by atoms with van der Waals surface area (Å²) >= 11 is 0. The van der Waals surface area contributed by atoms with Gasteiger partial charge in [-0.2, -0.15) is 0 Å². The van der Waals surface area contributed by atoms with Crippen LogP contribution in [0.2, 0.25) is 0 Å². The van der Waals surface area contributed by atoms with E-state index < -0.39 is 0 Å². The summed E-state index contributed by atoms with van der Waals surface area (Å²) in [7, 11) is 0. The molecule has 0 aromatic heterocycles. The molecule has 0 spiro atoms. The van der Waals surface area contributed by atoms with E-state index >= 15 is 0 Å². The molecule has 0 heteroatoms. The van der Waals surface area contributed by atoms with Gasteiger partial charge in [0.15, 0.2) is 0 Å². The van der Waals surface area contributed by atoms with Gasteiger partial charge in [-0.3, -0.25) is 0 Å². The van der Waals surface area contributed by atoms with Crippen LogP contribution in [0, 0.1) is 17.3 Å². The second-order valence-corrected chi connectivity index (χ2v) is 9.91. The quantitative estimate of drug-likeness (QED) is 0.462. The molecule has 0 nitrogen and oxygen atoms in total. The number of rotatable bonds is 7. The van der Waals surface area contributed by atoms with E-state index in [1.807, 2.05) is 0 Å². The highest BCUT2D eigenvalue weighted by Gasteiger charge is 2.30. The summed E-state index contributed by atoms with van der Waals surface area (Å²) in [6.45, 7) is 7.22. The lowest BCUT2D eigenvalue weighted by atomic mass is 9.68. The number of hydrogen-bond acceptors (Lipinski definition) is 0. The molecule has 146 valence electrons. The van der Waals surface area contributed by atoms with E-state index in [-0.39, 0.29) is 0 Å². The summed E-state index contributed by atoms with van der Waals surface area (Å²) in [5.41, 5.74) is 3.80. The second-order valence-electron chi connectivity index (χ2n) is 9.91. The Hall–Kier alpha value is -0.780. The van der Waals surface area contributed by atoms with Gasteiger partial charge >= 0.3 is 0 Å². The fourth-order valence-electron chi connectivity index (χ4n) is 5.76. The van der Waals surface area contributed by atoms with Crippen LogP contribution in [-0.4, -0.2) is 0 Å². The minimum atomic E-state index is 0.627. The van der Waals surface area contributed by atoms with Crippen LogP contribution in [0.5, 0.6) is 0 Å². The van der Waals surface area contributed by atoms with E-state index in [0.717, 1.165) is 17.8 Å². The Balaban J connectivity index is 1.44. The zero-order valence-electron chi connectivity index (χ0n) is 17.7. The van der Waals surface area contributed by atoms with Gasteiger partial charge in [-0.15, -0.1) is 0 Å². The second kappa shape index (κ2) is 9.43. The monoisotopic (exact) mass is 354 g/mol. The maximum absolute atomic E-state index is 2.52. The molecule has 0 atom stereocenters. The molecule has 0 N–H and O–H groups in total. The third-order valence-electron chi connectivity index (χ3n) is 7.88. The zero-order chi connectivity index (χ0) is 18.4. The first kappa shape index (κ1) is 20.0. The van der Waals surface area contributed by atoms with Crippen LogP contribution in [-0.2, 0) is 6.42 Å². The van der Waals surface area contributed by atoms with Crippen LogP contribution in [0.4, 0.5) is 0 Å². The average Bonchev–Trinajstić information content (AvgIpc) is 2.68. The van der Waals surface area contributed by atoms with Gasteiger partial charge in [0.05, 0.1) is 0 Å². The third kappa shape index (κ3) is 5.37. The first-order valence-electron chi connectivity index (χ1n) is 11.7. The number of hydrogen-bond donors (Lipinski definition) is 0. The van der Waals surface area contributed by atoms with Crippen molar-refractivity contribution in [3.8, 4) is 0 Å². The molecule has 0 radical (unpaired) electrons. The van der Waals surface area contributed by atoms with E-state index in [0.29, 0.717) is 5.41 Å². The van der Waals surface area contributed by atoms with Crippen molar-refractivity contribution in [2.75, 3.05) is 0 Å². The summed E-state index contributed by atoms with van der Waals surface area (Å²) < 4.78 is 0. The zero-order valence-corrected chi connectivity index (χ0v) is 17.7. The highest BCUT2D eigenvalue weighted by atomic mass is 14.4. The van der Waals surface area contributed by atoms with Gasteiger partial charge < -0.3 is 0 Å². The molecular weight excluding hydrogens is 312 g/mol. The van der Waals surface area contributed by atoms with Crippen molar-refractivity contribution in [1.82, 2.24) is 0 Å². The molecule has 0 heterocycles. The first-order chi connectivity index (χ1) is 12.6. The van der Waals surface area contributed by atoms with Gasteiger partial charge in [-0.05, 0) is 79.2 Å². The maximum atomic E-state index is 2.52. The summed E-state index contributed by atoms with van der Waals surface area (Å²) in [5.74, 6) is 2.84. The molecule has 2 saturated carbocycles. The molecule has 0 unspecified atom stereocenters. The third-order valence-corrected chi connectivity index (χ3v) is 7.88. The topological polar surface area (TPSA) is 0 Å². The van der Waals surface area contributed by atoms with Gasteiger partial charge in [0.1, 0.15) is 0 Å². The predicted octanol–water partition coefficient (Wildman–Crippen LogP) is 8.30. The van der Waals surface area contributed by atoms with Crippen molar-refractivity contribution in [3.05, 3.63) is 35.4 Å². The van der Waals surface area contributed by atoms with Crippen LogP contribution in [0.3, 0.4) is 0 Å². The summed E-state index contributed by atoms with van der Waals surface area (Å²) in [4.78, 5) is 0. The molecule has 3 rings (SSSR count). The smallest absolute Gasteiger partial charge is 0.0162 e. The Morgan fingerprint density at radius 1 is 0.846 bits per heavy atom. The molecule has 0 bridgehead atoms. The lowest BCUT2D eigenvalue weighted by molar-refractivity contribution is 0.182. The SMILES string of the molecule is CCCC1(C)CCC(c2ccc(CCC3CCC(CC)CC3)cc2)CC1. The van der Waals surface area contributed by atoms with E-state index in [1.54, 1.807) is 11.1 Å². The van der Waals surface area contributed by atoms with E-state index in [1.165, 1.54) is 83.5 Å². The summed E-state index contributed by atoms with van der Waals surface area (Å²) in [6.07, 6.45) is 18.4. The van der Waals surface area contributed by atoms with Crippen LogP contribution in [0.25, 0.3) is 0 Å². The van der Waals surface area contributed by atoms with Crippen LogP contribution in [0.1, 0.15) is 115 Å². The molecular formula is C26H42. The van der Waals surface area contributed by atoms with Crippen molar-refractivity contribution in [1.29, 1.82) is 0 Å². The molecule has 1 aromatic rings. The molecule has 2 aliphatic carbocycles. The van der Waals surface area contributed by atoms with Gasteiger partial charge in [-0.1, -0.05) is 83.6 Å². The molecule has 2 aliphatic rings. The molecule has 26 heavy (non-hydrogen) atoms. The lowest BCUT2D eigenvalue weighted by Gasteiger charge is -2.37. The minimum absolute atomic E-state index is 0.627. The van der Waals surface area contributed by atoms with Crippen LogP contribution >= 0.6 is 0 Å². The molecule has 0 saturated heterocycles. The number of aryl methyl sites for hydroxylation is 1. The number of benzene rings is 1. The van der Waals surface area contributed by atoms with Crippen molar-refractivity contribution in [2.24, 2.45) is 17.3 Å². The van der Waals surface area contributed by atoms with Gasteiger partial charge in [-0.25, -0.2) is 0 Å². The van der Waals surface area contributed by atoms with Gasteiger partial charge in [0.2, 0.25) is 0 Å². The Morgan fingerprint density at radius 2 is 1.46 bits per heavy atom. The molecule has 0 amide bonds. The van der Waals surface area contributed by atoms with Crippen LogP contribution < -0.4 is 0 Å². The van der Waals surface area contributed by atoms with Gasteiger partial charge in [0, 0.05) is 0 Å². The first-order valence-corrected chi connectivity index (χ1v) is 11.7. The molecule has 0 aliphatic heterocycles. The predicted molar refractivity (Wildman–Crippen MR) is 115 cm³/mol. The Kier molecular flexibility index (Phi) is 7.24. The average molecular weight is 355 g/mol. The van der Waals surface area contributed by atoms with Crippen LogP contribution in [0.15, 0.2) is 24.3 Å². The Labute approximate surface area is 163 Å². The Bertz CT molecular complexity index is 509. The summed E-state index contributed by atoms with van der Waals surface area (Å²) in [5, 5.41) is 0. The Morgan fingerprint density at radius 3 is 2.04 bits per heavy atom. The van der Waals surface area contributed by atoms with Crippen molar-refractivity contribution in [3.63, 3.8) is 0 Å². The maximum Gasteiger partial charge on any atom is -0.0162 e. The molecule has 1 aromatic carbocycles. The standard InChI is InChI=1S/C26H42/c1-4-18-26(3)19-16-25(17-20-26)24-14-12-23(13-15-24)11-10-22-8-6-21(5-2)7-9-22/h12-15,21-22,25H,4-11,16-20H2,1-3H3. The fraction of sp³-hybridized carbons (Fsp3) is 0.769. The highest BCUT2D eigenvalue weighted by Crippen LogP contribution is 2.45. The van der Waals surface area contributed by atoms with E-state index in [4.69, 9.17) is 0 Å². The van der Waals surface area contributed by atoms with E-state index in [2.05, 4.69) is 45.0 Å². The minimum Gasteiger partial charge on any atom is -0.0654 e. The van der Waals surface area contributed by atoms with Crippen molar-refractivity contribution < 1.29 is 0 Å². The molecule has 2 fully saturated rings. The van der Waals surface area contributed by atoms with Crippen molar-refractivity contribution in [2.45, 2.75) is 110 Å². The van der Waals surface area contributed by atoms with Gasteiger partial charge in [0.25, 0.3) is 0 Å². The largest absolute Gasteiger partial charge is 0.0654 e. The van der Waals surface area contributed by atoms with Crippen molar-refractivity contribution >= 4 is 0 Å². The van der Waals surface area contributed by atoms with E-state index in [9.17, 15) is 0 Å². The summed E-state index contributed by atoms with van der Waals surface area (Å²) in [6, 6.07) is 9.78. The normalized spacial score (nSPS) is 32.5. The highest BCUT2D eigenvalue weighted by molar-refractivity contribution is 5.26.